The van der Waals surface area contributed by atoms with E-state index < -0.39 is 0 Å². The minimum atomic E-state index is -0.383. The van der Waals surface area contributed by atoms with E-state index in [1.165, 1.54) is 0 Å². The van der Waals surface area contributed by atoms with E-state index in [2.05, 4.69) is 0 Å². The molecule has 0 saturated heterocycles. The highest BCUT2D eigenvalue weighted by Crippen LogP contribution is 2.20. The molecular weight excluding hydrogens is 216 g/mol. The summed E-state index contributed by atoms with van der Waals surface area (Å²) in [7, 11) is 0. The molecule has 0 radical (unpaired) electrons. The summed E-state index contributed by atoms with van der Waals surface area (Å²) in [6.45, 7) is 5.77. The molecule has 0 bridgehead atoms. The number of hydrogen-bond acceptors (Lipinski definition) is 3. The Morgan fingerprint density at radius 2 is 1.94 bits per heavy atom. The lowest BCUT2D eigenvalue weighted by molar-refractivity contribution is -0.128. The molecule has 1 N–H and O–H groups in total. The van der Waals surface area contributed by atoms with E-state index in [0.717, 1.165) is 5.56 Å². The zero-order valence-electron chi connectivity index (χ0n) is 10.7. The lowest BCUT2D eigenvalue weighted by Crippen LogP contribution is -2.26. The van der Waals surface area contributed by atoms with Gasteiger partial charge >= 0.3 is 0 Å². The number of aliphatic hydroxyl groups excluding tert-OH is 1. The minimum absolute atomic E-state index is 0.0660. The van der Waals surface area contributed by atoms with E-state index in [0.29, 0.717) is 12.2 Å². The number of carbonyl (C=O) groups is 1. The van der Waals surface area contributed by atoms with E-state index in [1.54, 1.807) is 0 Å². The van der Waals surface area contributed by atoms with E-state index >= 15 is 0 Å². The molecule has 3 heteroatoms. The molecule has 0 aliphatic heterocycles. The Bertz CT molecular complexity index is 377. The van der Waals surface area contributed by atoms with Gasteiger partial charge in [0.15, 0.2) is 5.78 Å². The SMILES string of the molecule is CC(C)(C)C(=O)COc1ccccc1CCO. The zero-order chi connectivity index (χ0) is 12.9. The third-order valence-corrected chi connectivity index (χ3v) is 2.55. The second kappa shape index (κ2) is 5.82. The second-order valence-electron chi connectivity index (χ2n) is 5.04. The average Bonchev–Trinajstić information content (AvgIpc) is 2.26. The number of para-hydroxylation sites is 1. The van der Waals surface area contributed by atoms with Gasteiger partial charge in [-0.3, -0.25) is 4.79 Å². The molecule has 1 aromatic carbocycles. The highest BCUT2D eigenvalue weighted by atomic mass is 16.5. The summed E-state index contributed by atoms with van der Waals surface area (Å²) in [5.41, 5.74) is 0.544. The predicted octanol–water partition coefficient (Wildman–Crippen LogP) is 2.22. The number of carbonyl (C=O) groups excluding carboxylic acids is 1. The summed E-state index contributed by atoms with van der Waals surface area (Å²) in [6, 6.07) is 7.47. The number of aliphatic hydroxyl groups is 1. The predicted molar refractivity (Wildman–Crippen MR) is 67.2 cm³/mol. The smallest absolute Gasteiger partial charge is 0.175 e. The van der Waals surface area contributed by atoms with Gasteiger partial charge in [-0.15, -0.1) is 0 Å². The highest BCUT2D eigenvalue weighted by molar-refractivity contribution is 5.85. The second-order valence-corrected chi connectivity index (χ2v) is 5.04. The molecule has 0 spiro atoms. The summed E-state index contributed by atoms with van der Waals surface area (Å²) in [5, 5.41) is 8.93. The molecule has 0 unspecified atom stereocenters. The maximum Gasteiger partial charge on any atom is 0.175 e. The van der Waals surface area contributed by atoms with Crippen molar-refractivity contribution in [2.24, 2.45) is 5.41 Å². The largest absolute Gasteiger partial charge is 0.486 e. The topological polar surface area (TPSA) is 46.5 Å². The van der Waals surface area contributed by atoms with Gasteiger partial charge in [0.2, 0.25) is 0 Å². The molecule has 0 aliphatic rings. The molecule has 1 rings (SSSR count). The molecule has 0 amide bonds. The molecule has 0 heterocycles. The molecule has 0 atom stereocenters. The number of rotatable bonds is 5. The summed E-state index contributed by atoms with van der Waals surface area (Å²) >= 11 is 0. The molecule has 3 nitrogen and oxygen atoms in total. The lowest BCUT2D eigenvalue weighted by atomic mass is 9.91. The maximum atomic E-state index is 11.7. The van der Waals surface area contributed by atoms with Crippen molar-refractivity contribution in [3.05, 3.63) is 29.8 Å². The first kappa shape index (κ1) is 13.7. The fourth-order valence-electron chi connectivity index (χ4n) is 1.33. The van der Waals surface area contributed by atoms with Crippen LogP contribution in [0.25, 0.3) is 0 Å². The van der Waals surface area contributed by atoms with Crippen molar-refractivity contribution in [1.82, 2.24) is 0 Å². The monoisotopic (exact) mass is 236 g/mol. The third-order valence-electron chi connectivity index (χ3n) is 2.55. The summed E-state index contributed by atoms with van der Waals surface area (Å²) in [4.78, 5) is 11.7. The Morgan fingerprint density at radius 1 is 1.29 bits per heavy atom. The van der Waals surface area contributed by atoms with Crippen LogP contribution in [0.15, 0.2) is 24.3 Å². The molecule has 0 aromatic heterocycles. The fraction of sp³-hybridized carbons (Fsp3) is 0.500. The van der Waals surface area contributed by atoms with Crippen LogP contribution in [0, 0.1) is 5.41 Å². The summed E-state index contributed by atoms with van der Waals surface area (Å²) in [6.07, 6.45) is 0.542. The Kier molecular flexibility index (Phi) is 4.70. The van der Waals surface area contributed by atoms with Crippen molar-refractivity contribution in [2.45, 2.75) is 27.2 Å². The molecule has 0 saturated carbocycles. The molecule has 1 aromatic rings. The van der Waals surface area contributed by atoms with Gasteiger partial charge in [0.25, 0.3) is 0 Å². The zero-order valence-corrected chi connectivity index (χ0v) is 10.7. The van der Waals surface area contributed by atoms with Crippen molar-refractivity contribution < 1.29 is 14.6 Å². The number of ether oxygens (including phenoxy) is 1. The number of hydrogen-bond donors (Lipinski definition) is 1. The van der Waals surface area contributed by atoms with E-state index in [-0.39, 0.29) is 24.4 Å². The average molecular weight is 236 g/mol. The number of Topliss-reactive ketones (excluding diaryl/α,β-unsaturated/α-hetero) is 1. The Morgan fingerprint density at radius 3 is 2.53 bits per heavy atom. The molecule has 94 valence electrons. The van der Waals surface area contributed by atoms with Gasteiger partial charge < -0.3 is 9.84 Å². The van der Waals surface area contributed by atoms with Crippen LogP contribution in [0.5, 0.6) is 5.75 Å². The molecular formula is C14H20O3. The number of benzene rings is 1. The van der Waals surface area contributed by atoms with Gasteiger partial charge in [-0.25, -0.2) is 0 Å². The Balaban J connectivity index is 2.66. The van der Waals surface area contributed by atoms with E-state index in [9.17, 15) is 4.79 Å². The standard InChI is InChI=1S/C14H20O3/c1-14(2,3)13(16)10-17-12-7-5-4-6-11(12)8-9-15/h4-7,15H,8-10H2,1-3H3. The van der Waals surface area contributed by atoms with Crippen LogP contribution in [-0.2, 0) is 11.2 Å². The summed E-state index contributed by atoms with van der Waals surface area (Å²) in [5.74, 6) is 0.746. The number of ketones is 1. The van der Waals surface area contributed by atoms with Gasteiger partial charge in [0.1, 0.15) is 12.4 Å². The van der Waals surface area contributed by atoms with Crippen molar-refractivity contribution in [3.8, 4) is 5.75 Å². The Labute approximate surface area is 102 Å². The van der Waals surface area contributed by atoms with Crippen molar-refractivity contribution in [2.75, 3.05) is 13.2 Å². The molecule has 0 fully saturated rings. The van der Waals surface area contributed by atoms with Crippen molar-refractivity contribution in [1.29, 1.82) is 0 Å². The quantitative estimate of drug-likeness (QED) is 0.852. The van der Waals surface area contributed by atoms with Crippen LogP contribution < -0.4 is 4.74 Å². The summed E-state index contributed by atoms with van der Waals surface area (Å²) < 4.78 is 5.52. The van der Waals surface area contributed by atoms with E-state index in [4.69, 9.17) is 9.84 Å². The van der Waals surface area contributed by atoms with Crippen molar-refractivity contribution >= 4 is 5.78 Å². The first-order valence-corrected chi connectivity index (χ1v) is 5.80. The van der Waals surface area contributed by atoms with Crippen molar-refractivity contribution in [3.63, 3.8) is 0 Å². The van der Waals surface area contributed by atoms with Gasteiger partial charge in [0.05, 0.1) is 0 Å². The first-order valence-electron chi connectivity index (χ1n) is 5.80. The van der Waals surface area contributed by atoms with Gasteiger partial charge in [0, 0.05) is 12.0 Å². The molecule has 0 aliphatic carbocycles. The van der Waals surface area contributed by atoms with Crippen LogP contribution in [0.2, 0.25) is 0 Å². The van der Waals surface area contributed by atoms with Gasteiger partial charge in [-0.2, -0.15) is 0 Å². The minimum Gasteiger partial charge on any atom is -0.486 e. The third kappa shape index (κ3) is 4.19. The van der Waals surface area contributed by atoms with Crippen LogP contribution in [-0.4, -0.2) is 24.1 Å². The fourth-order valence-corrected chi connectivity index (χ4v) is 1.33. The van der Waals surface area contributed by atoms with Crippen LogP contribution >= 0.6 is 0 Å². The van der Waals surface area contributed by atoms with Gasteiger partial charge in [-0.1, -0.05) is 39.0 Å². The highest BCUT2D eigenvalue weighted by Gasteiger charge is 2.21. The normalized spacial score (nSPS) is 11.3. The van der Waals surface area contributed by atoms with Crippen LogP contribution in [0.4, 0.5) is 0 Å². The Hall–Kier alpha value is -1.35. The first-order chi connectivity index (χ1) is 7.95. The lowest BCUT2D eigenvalue weighted by Gasteiger charge is -2.17. The van der Waals surface area contributed by atoms with Crippen LogP contribution in [0.1, 0.15) is 26.3 Å². The van der Waals surface area contributed by atoms with Gasteiger partial charge in [-0.05, 0) is 18.1 Å². The molecule has 17 heavy (non-hydrogen) atoms. The van der Waals surface area contributed by atoms with Crippen LogP contribution in [0.3, 0.4) is 0 Å². The van der Waals surface area contributed by atoms with E-state index in [1.807, 2.05) is 45.0 Å². The maximum absolute atomic E-state index is 11.7.